The number of nitrogens with zero attached hydrogens (tertiary/aromatic N) is 1. The molecule has 78 valence electrons. The monoisotopic (exact) mass is 209 g/mol. The van der Waals surface area contributed by atoms with Crippen molar-refractivity contribution < 1.29 is 4.79 Å². The lowest BCUT2D eigenvalue weighted by Gasteiger charge is -1.99. The van der Waals surface area contributed by atoms with E-state index in [4.69, 9.17) is 0 Å². The van der Waals surface area contributed by atoms with E-state index in [1.807, 2.05) is 42.5 Å². The van der Waals surface area contributed by atoms with E-state index in [-0.39, 0.29) is 0 Å². The van der Waals surface area contributed by atoms with E-state index >= 15 is 0 Å². The van der Waals surface area contributed by atoms with E-state index in [1.54, 1.807) is 12.3 Å². The summed E-state index contributed by atoms with van der Waals surface area (Å²) < 4.78 is 0. The maximum absolute atomic E-state index is 10.1. The summed E-state index contributed by atoms with van der Waals surface area (Å²) in [6.07, 6.45) is 9.52. The van der Waals surface area contributed by atoms with Gasteiger partial charge in [0.1, 0.15) is 6.29 Å². The molecule has 0 amide bonds. The van der Waals surface area contributed by atoms with Crippen LogP contribution in [-0.2, 0) is 4.79 Å². The van der Waals surface area contributed by atoms with Crippen LogP contribution >= 0.6 is 0 Å². The third-order valence-corrected chi connectivity index (χ3v) is 2.26. The number of carbonyl (C=O) groups excluding carboxylic acids is 1. The van der Waals surface area contributed by atoms with Crippen LogP contribution in [0.2, 0.25) is 0 Å². The van der Waals surface area contributed by atoms with Crippen LogP contribution in [0.15, 0.2) is 54.8 Å². The molecule has 2 aromatic rings. The van der Waals surface area contributed by atoms with E-state index in [1.165, 1.54) is 6.08 Å². The van der Waals surface area contributed by atoms with Gasteiger partial charge in [-0.15, -0.1) is 0 Å². The number of rotatable bonds is 3. The molecule has 2 nitrogen and oxygen atoms in total. The largest absolute Gasteiger partial charge is 0.299 e. The highest BCUT2D eigenvalue weighted by atomic mass is 16.1. The number of aldehydes is 1. The fraction of sp³-hybridized carbons (Fsp3) is 0. The second-order valence-electron chi connectivity index (χ2n) is 3.30. The molecule has 0 fully saturated rings. The summed E-state index contributed by atoms with van der Waals surface area (Å²) in [4.78, 5) is 14.4. The molecule has 2 heteroatoms. The lowest BCUT2D eigenvalue weighted by molar-refractivity contribution is -0.104. The van der Waals surface area contributed by atoms with Crippen LogP contribution in [0.1, 0.15) is 5.56 Å². The third-order valence-electron chi connectivity index (χ3n) is 2.26. The van der Waals surface area contributed by atoms with Crippen LogP contribution in [0.5, 0.6) is 0 Å². The average Bonchev–Trinajstić information content (AvgIpc) is 2.35. The number of allylic oxidation sites excluding steroid dienone is 3. The molecule has 0 saturated carbocycles. The first kappa shape index (κ1) is 10.3. The molecule has 0 aliphatic carbocycles. The summed E-state index contributed by atoms with van der Waals surface area (Å²) in [5.41, 5.74) is 2.07. The summed E-state index contributed by atoms with van der Waals surface area (Å²) in [5, 5.41) is 1.11. The second kappa shape index (κ2) is 5.03. The molecule has 0 radical (unpaired) electrons. The van der Waals surface area contributed by atoms with Crippen molar-refractivity contribution in [2.45, 2.75) is 0 Å². The SMILES string of the molecule is O=C/C=C/C=C/c1ccnc2ccccc12. The quantitative estimate of drug-likeness (QED) is 0.442. The zero-order valence-corrected chi connectivity index (χ0v) is 8.71. The Labute approximate surface area is 93.9 Å². The molecule has 0 atom stereocenters. The summed E-state index contributed by atoms with van der Waals surface area (Å²) in [6.45, 7) is 0. The highest BCUT2D eigenvalue weighted by molar-refractivity contribution is 5.87. The Morgan fingerprint density at radius 3 is 2.75 bits per heavy atom. The predicted octanol–water partition coefficient (Wildman–Crippen LogP) is 3.00. The number of para-hydroxylation sites is 1. The lowest BCUT2D eigenvalue weighted by Crippen LogP contribution is -1.80. The minimum absolute atomic E-state index is 0.759. The van der Waals surface area contributed by atoms with Gasteiger partial charge in [-0.1, -0.05) is 36.4 Å². The van der Waals surface area contributed by atoms with Crippen molar-refractivity contribution in [3.8, 4) is 0 Å². The van der Waals surface area contributed by atoms with Gasteiger partial charge in [0.15, 0.2) is 0 Å². The van der Waals surface area contributed by atoms with Gasteiger partial charge in [0.2, 0.25) is 0 Å². The molecule has 2 rings (SSSR count). The van der Waals surface area contributed by atoms with Crippen LogP contribution in [0.25, 0.3) is 17.0 Å². The molecule has 1 aromatic carbocycles. The first-order valence-electron chi connectivity index (χ1n) is 5.04. The molecule has 0 N–H and O–H groups in total. The zero-order chi connectivity index (χ0) is 11.2. The number of carbonyl (C=O) groups is 1. The molecule has 0 saturated heterocycles. The number of hydrogen-bond acceptors (Lipinski definition) is 2. The Morgan fingerprint density at radius 2 is 1.88 bits per heavy atom. The van der Waals surface area contributed by atoms with Crippen LogP contribution in [0.3, 0.4) is 0 Å². The standard InChI is InChI=1S/C14H11NO/c16-11-5-1-2-6-12-9-10-15-14-8-4-3-7-13(12)14/h1-11H/b5-1+,6-2+. The van der Waals surface area contributed by atoms with Gasteiger partial charge in [-0.25, -0.2) is 0 Å². The van der Waals surface area contributed by atoms with E-state index in [9.17, 15) is 4.79 Å². The Balaban J connectivity index is 2.41. The number of hydrogen-bond donors (Lipinski definition) is 0. The molecule has 16 heavy (non-hydrogen) atoms. The number of benzene rings is 1. The van der Waals surface area contributed by atoms with E-state index < -0.39 is 0 Å². The van der Waals surface area contributed by atoms with Crippen LogP contribution in [0.4, 0.5) is 0 Å². The third kappa shape index (κ3) is 2.23. The second-order valence-corrected chi connectivity index (χ2v) is 3.30. The van der Waals surface area contributed by atoms with E-state index in [0.717, 1.165) is 22.8 Å². The van der Waals surface area contributed by atoms with Crippen LogP contribution in [-0.4, -0.2) is 11.3 Å². The smallest absolute Gasteiger partial charge is 0.142 e. The Kier molecular flexibility index (Phi) is 3.24. The number of aromatic nitrogens is 1. The zero-order valence-electron chi connectivity index (χ0n) is 8.71. The Bertz CT molecular complexity index is 550. The van der Waals surface area contributed by atoms with Gasteiger partial charge in [-0.2, -0.15) is 0 Å². The van der Waals surface area contributed by atoms with E-state index in [0.29, 0.717) is 0 Å². The lowest BCUT2D eigenvalue weighted by atomic mass is 10.1. The van der Waals surface area contributed by atoms with Gasteiger partial charge < -0.3 is 0 Å². The maximum atomic E-state index is 10.1. The topological polar surface area (TPSA) is 30.0 Å². The van der Waals surface area contributed by atoms with Gasteiger partial charge in [0, 0.05) is 11.6 Å². The van der Waals surface area contributed by atoms with Crippen LogP contribution < -0.4 is 0 Å². The highest BCUT2D eigenvalue weighted by Crippen LogP contribution is 2.17. The van der Waals surface area contributed by atoms with Crippen molar-refractivity contribution in [2.24, 2.45) is 0 Å². The van der Waals surface area contributed by atoms with Gasteiger partial charge in [0.25, 0.3) is 0 Å². The van der Waals surface area contributed by atoms with Crippen molar-refractivity contribution in [1.29, 1.82) is 0 Å². The normalized spacial score (nSPS) is 11.5. The first-order valence-corrected chi connectivity index (χ1v) is 5.04. The summed E-state index contributed by atoms with van der Waals surface area (Å²) in [5.74, 6) is 0. The summed E-state index contributed by atoms with van der Waals surface area (Å²) in [7, 11) is 0. The number of fused-ring (bicyclic) bond motifs is 1. The first-order chi connectivity index (χ1) is 7.92. The fourth-order valence-corrected chi connectivity index (χ4v) is 1.53. The summed E-state index contributed by atoms with van der Waals surface area (Å²) in [6, 6.07) is 9.92. The van der Waals surface area contributed by atoms with E-state index in [2.05, 4.69) is 4.98 Å². The Hall–Kier alpha value is -2.22. The minimum atomic E-state index is 0.759. The molecule has 0 spiro atoms. The molecule has 1 aromatic heterocycles. The minimum Gasteiger partial charge on any atom is -0.299 e. The fourth-order valence-electron chi connectivity index (χ4n) is 1.53. The highest BCUT2D eigenvalue weighted by Gasteiger charge is 1.96. The molecule has 0 aliphatic heterocycles. The molecular weight excluding hydrogens is 198 g/mol. The summed E-state index contributed by atoms with van der Waals surface area (Å²) >= 11 is 0. The van der Waals surface area contributed by atoms with Crippen molar-refractivity contribution >= 4 is 23.3 Å². The maximum Gasteiger partial charge on any atom is 0.142 e. The molecule has 0 aliphatic rings. The van der Waals surface area contributed by atoms with Crippen molar-refractivity contribution in [3.63, 3.8) is 0 Å². The van der Waals surface area contributed by atoms with Gasteiger partial charge in [-0.3, -0.25) is 9.78 Å². The van der Waals surface area contributed by atoms with Gasteiger partial charge in [0.05, 0.1) is 5.52 Å². The van der Waals surface area contributed by atoms with Crippen molar-refractivity contribution in [2.75, 3.05) is 0 Å². The average molecular weight is 209 g/mol. The number of pyridine rings is 1. The van der Waals surface area contributed by atoms with Crippen LogP contribution in [0, 0.1) is 0 Å². The van der Waals surface area contributed by atoms with Gasteiger partial charge in [-0.05, 0) is 23.8 Å². The van der Waals surface area contributed by atoms with Crippen molar-refractivity contribution in [1.82, 2.24) is 4.98 Å². The van der Waals surface area contributed by atoms with Crippen molar-refractivity contribution in [3.05, 3.63) is 60.3 Å². The molecule has 0 unspecified atom stereocenters. The molecule has 1 heterocycles. The predicted molar refractivity (Wildman–Crippen MR) is 66.0 cm³/mol. The van der Waals surface area contributed by atoms with Gasteiger partial charge >= 0.3 is 0 Å². The molecular formula is C14H11NO. The Morgan fingerprint density at radius 1 is 1.00 bits per heavy atom. The molecule has 0 bridgehead atoms.